The molecule has 0 bridgehead atoms. The van der Waals surface area contributed by atoms with Crippen molar-refractivity contribution in [2.45, 2.75) is 45.1 Å². The third kappa shape index (κ3) is 7.13. The highest BCUT2D eigenvalue weighted by atomic mass is 32.2. The number of carbonyl (C=O) groups is 1. The zero-order chi connectivity index (χ0) is 19.2. The minimum absolute atomic E-state index is 0.113. The fourth-order valence-corrected chi connectivity index (χ4v) is 3.48. The standard InChI is InChI=1S/C18H29NO5S/c1-13-10-15(22-7)11-14(2)17(13)25(21)19(6)8-9-23-12-16(20)24-18(3,4)5/h10-11H,8-9,12H2,1-7H3. The van der Waals surface area contributed by atoms with E-state index in [1.165, 1.54) is 0 Å². The molecule has 1 aromatic carbocycles. The number of carbonyl (C=O) groups excluding carboxylic acids is 1. The Hall–Kier alpha value is -1.44. The second-order valence-electron chi connectivity index (χ2n) is 6.83. The van der Waals surface area contributed by atoms with Gasteiger partial charge in [-0.05, 0) is 57.9 Å². The summed E-state index contributed by atoms with van der Waals surface area (Å²) in [6.07, 6.45) is 0. The van der Waals surface area contributed by atoms with E-state index in [1.54, 1.807) is 39.2 Å². The van der Waals surface area contributed by atoms with Gasteiger partial charge in [0, 0.05) is 13.6 Å². The number of rotatable bonds is 8. The molecule has 1 aromatic rings. The van der Waals surface area contributed by atoms with E-state index in [0.717, 1.165) is 21.8 Å². The van der Waals surface area contributed by atoms with Crippen LogP contribution in [0.1, 0.15) is 31.9 Å². The van der Waals surface area contributed by atoms with Crippen molar-refractivity contribution in [2.75, 3.05) is 33.9 Å². The van der Waals surface area contributed by atoms with Gasteiger partial charge in [-0.2, -0.15) is 0 Å². The largest absolute Gasteiger partial charge is 0.497 e. The van der Waals surface area contributed by atoms with Crippen molar-refractivity contribution in [3.63, 3.8) is 0 Å². The molecule has 0 aliphatic rings. The molecule has 1 unspecified atom stereocenters. The van der Waals surface area contributed by atoms with Crippen LogP contribution >= 0.6 is 0 Å². The maximum absolute atomic E-state index is 12.8. The zero-order valence-corrected chi connectivity index (χ0v) is 17.0. The van der Waals surface area contributed by atoms with Gasteiger partial charge in [-0.15, -0.1) is 0 Å². The Kier molecular flexibility index (Phi) is 8.05. The highest BCUT2D eigenvalue weighted by molar-refractivity contribution is 7.82. The third-order valence-electron chi connectivity index (χ3n) is 3.32. The van der Waals surface area contributed by atoms with Crippen LogP contribution < -0.4 is 4.74 Å². The van der Waals surface area contributed by atoms with Gasteiger partial charge in [-0.1, -0.05) is 0 Å². The number of esters is 1. The number of hydrogen-bond donors (Lipinski definition) is 0. The number of methoxy groups -OCH3 is 1. The molecule has 0 N–H and O–H groups in total. The molecule has 0 aromatic heterocycles. The van der Waals surface area contributed by atoms with Gasteiger partial charge in [0.2, 0.25) is 0 Å². The Morgan fingerprint density at radius 3 is 2.24 bits per heavy atom. The number of nitrogens with zero attached hydrogens (tertiary/aromatic N) is 1. The molecule has 1 rings (SSSR count). The maximum atomic E-state index is 12.8. The monoisotopic (exact) mass is 371 g/mol. The average molecular weight is 371 g/mol. The predicted octanol–water partition coefficient (Wildman–Crippen LogP) is 2.62. The summed E-state index contributed by atoms with van der Waals surface area (Å²) in [5.41, 5.74) is 1.30. The molecule has 0 heterocycles. The molecule has 142 valence electrons. The molecule has 7 heteroatoms. The minimum Gasteiger partial charge on any atom is -0.497 e. The second kappa shape index (κ2) is 9.31. The van der Waals surface area contributed by atoms with E-state index >= 15 is 0 Å². The summed E-state index contributed by atoms with van der Waals surface area (Å²) >= 11 is 0. The number of aryl methyl sites for hydroxylation is 2. The van der Waals surface area contributed by atoms with E-state index in [4.69, 9.17) is 14.2 Å². The van der Waals surface area contributed by atoms with Crippen molar-refractivity contribution in [1.29, 1.82) is 0 Å². The van der Waals surface area contributed by atoms with Crippen LogP contribution in [0, 0.1) is 13.8 Å². The molecule has 1 atom stereocenters. The first-order valence-electron chi connectivity index (χ1n) is 8.13. The summed E-state index contributed by atoms with van der Waals surface area (Å²) in [6.45, 7) is 9.85. The van der Waals surface area contributed by atoms with Crippen molar-refractivity contribution >= 4 is 17.0 Å². The summed E-state index contributed by atoms with van der Waals surface area (Å²) in [4.78, 5) is 12.3. The Morgan fingerprint density at radius 1 is 1.20 bits per heavy atom. The van der Waals surface area contributed by atoms with Gasteiger partial charge in [-0.25, -0.2) is 13.3 Å². The molecular formula is C18H29NO5S. The topological polar surface area (TPSA) is 65.1 Å². The van der Waals surface area contributed by atoms with Crippen LogP contribution in [-0.4, -0.2) is 54.0 Å². The van der Waals surface area contributed by atoms with Crippen LogP contribution in [0.5, 0.6) is 5.75 Å². The van der Waals surface area contributed by atoms with Crippen molar-refractivity contribution in [2.24, 2.45) is 0 Å². The lowest BCUT2D eigenvalue weighted by Crippen LogP contribution is -2.29. The SMILES string of the molecule is COc1cc(C)c(S(=O)N(C)CCOCC(=O)OC(C)(C)C)c(C)c1. The Balaban J connectivity index is 2.54. The average Bonchev–Trinajstić information content (AvgIpc) is 2.48. The van der Waals surface area contributed by atoms with Gasteiger partial charge in [0.25, 0.3) is 0 Å². The molecule has 0 fully saturated rings. The first kappa shape index (κ1) is 21.6. The van der Waals surface area contributed by atoms with Crippen LogP contribution in [0.3, 0.4) is 0 Å². The van der Waals surface area contributed by atoms with E-state index in [9.17, 15) is 9.00 Å². The minimum atomic E-state index is -1.31. The molecule has 0 aliphatic heterocycles. The van der Waals surface area contributed by atoms with E-state index in [2.05, 4.69) is 0 Å². The van der Waals surface area contributed by atoms with Gasteiger partial charge >= 0.3 is 5.97 Å². The molecule has 0 spiro atoms. The number of hydrogen-bond acceptors (Lipinski definition) is 5. The molecule has 0 radical (unpaired) electrons. The van der Waals surface area contributed by atoms with Crippen LogP contribution in [-0.2, 0) is 25.3 Å². The van der Waals surface area contributed by atoms with E-state index in [0.29, 0.717) is 6.54 Å². The molecular weight excluding hydrogens is 342 g/mol. The van der Waals surface area contributed by atoms with E-state index < -0.39 is 22.6 Å². The van der Waals surface area contributed by atoms with Crippen molar-refractivity contribution < 1.29 is 23.2 Å². The van der Waals surface area contributed by atoms with Gasteiger partial charge in [0.1, 0.15) is 28.9 Å². The fraction of sp³-hybridized carbons (Fsp3) is 0.611. The number of ether oxygens (including phenoxy) is 3. The van der Waals surface area contributed by atoms with Crippen LogP contribution in [0.15, 0.2) is 17.0 Å². The fourth-order valence-electron chi connectivity index (χ4n) is 2.26. The normalized spacial score (nSPS) is 13.0. The lowest BCUT2D eigenvalue weighted by Gasteiger charge is -2.20. The molecule has 25 heavy (non-hydrogen) atoms. The first-order valence-corrected chi connectivity index (χ1v) is 9.23. The Morgan fingerprint density at radius 2 is 1.76 bits per heavy atom. The van der Waals surface area contributed by atoms with Crippen molar-refractivity contribution in [3.8, 4) is 5.75 Å². The lowest BCUT2D eigenvalue weighted by molar-refractivity contribution is -0.160. The summed E-state index contributed by atoms with van der Waals surface area (Å²) in [5, 5.41) is 0. The molecule has 0 aliphatic carbocycles. The summed E-state index contributed by atoms with van der Waals surface area (Å²) in [5.74, 6) is 0.345. The molecule has 0 amide bonds. The highest BCUT2D eigenvalue weighted by Gasteiger charge is 2.18. The van der Waals surface area contributed by atoms with Crippen molar-refractivity contribution in [3.05, 3.63) is 23.3 Å². The quantitative estimate of drug-likeness (QED) is 0.519. The maximum Gasteiger partial charge on any atom is 0.332 e. The summed E-state index contributed by atoms with van der Waals surface area (Å²) < 4.78 is 30.2. The predicted molar refractivity (Wildman–Crippen MR) is 98.2 cm³/mol. The second-order valence-corrected chi connectivity index (χ2v) is 8.36. The first-order chi connectivity index (χ1) is 11.5. The van der Waals surface area contributed by atoms with Gasteiger partial charge in [0.05, 0.1) is 18.6 Å². The molecule has 6 nitrogen and oxygen atoms in total. The lowest BCUT2D eigenvalue weighted by atomic mass is 10.1. The number of benzene rings is 1. The van der Waals surface area contributed by atoms with Gasteiger partial charge < -0.3 is 14.2 Å². The molecule has 0 saturated heterocycles. The highest BCUT2D eigenvalue weighted by Crippen LogP contribution is 2.25. The van der Waals surface area contributed by atoms with Crippen LogP contribution in [0.25, 0.3) is 0 Å². The molecule has 0 saturated carbocycles. The smallest absolute Gasteiger partial charge is 0.332 e. The van der Waals surface area contributed by atoms with Crippen LogP contribution in [0.2, 0.25) is 0 Å². The van der Waals surface area contributed by atoms with Crippen molar-refractivity contribution in [1.82, 2.24) is 4.31 Å². The third-order valence-corrected chi connectivity index (χ3v) is 5.06. The van der Waals surface area contributed by atoms with Crippen LogP contribution in [0.4, 0.5) is 0 Å². The zero-order valence-electron chi connectivity index (χ0n) is 16.2. The van der Waals surface area contributed by atoms with Gasteiger partial charge in [0.15, 0.2) is 0 Å². The number of likely N-dealkylation sites (N-methyl/N-ethyl adjacent to an activating group) is 1. The van der Waals surface area contributed by atoms with E-state index in [1.807, 2.05) is 26.0 Å². The Labute approximate surface area is 153 Å². The van der Waals surface area contributed by atoms with Gasteiger partial charge in [-0.3, -0.25) is 0 Å². The summed E-state index contributed by atoms with van der Waals surface area (Å²) in [7, 11) is 2.06. The summed E-state index contributed by atoms with van der Waals surface area (Å²) in [6, 6.07) is 3.74. The Bertz CT molecular complexity index is 601. The van der Waals surface area contributed by atoms with E-state index in [-0.39, 0.29) is 13.2 Å².